The largest absolute Gasteiger partial charge is 0.417 e. The smallest absolute Gasteiger partial charge is 0.322 e. The van der Waals surface area contributed by atoms with Gasteiger partial charge in [-0.2, -0.15) is 17.9 Å². The van der Waals surface area contributed by atoms with Gasteiger partial charge in [0.25, 0.3) is 5.91 Å². The van der Waals surface area contributed by atoms with E-state index in [9.17, 15) is 18.0 Å². The van der Waals surface area contributed by atoms with Crippen LogP contribution in [0.2, 0.25) is 0 Å². The van der Waals surface area contributed by atoms with Crippen LogP contribution in [-0.2, 0) is 6.18 Å². The highest BCUT2D eigenvalue weighted by atomic mass is 32.2. The van der Waals surface area contributed by atoms with Gasteiger partial charge in [-0.15, -0.1) is 5.10 Å². The number of amides is 1. The van der Waals surface area contributed by atoms with Crippen molar-refractivity contribution in [3.63, 3.8) is 0 Å². The molecule has 1 N–H and O–H groups in total. The maximum Gasteiger partial charge on any atom is 0.417 e. The fraction of sp³-hybridized carbons (Fsp3) is 0.125. The highest BCUT2D eigenvalue weighted by molar-refractivity contribution is 7.98. The van der Waals surface area contributed by atoms with Crippen molar-refractivity contribution < 1.29 is 18.0 Å². The van der Waals surface area contributed by atoms with Crippen molar-refractivity contribution in [3.8, 4) is 5.69 Å². The van der Waals surface area contributed by atoms with Crippen LogP contribution in [0.4, 0.5) is 18.9 Å². The molecule has 0 aliphatic carbocycles. The molecule has 2 aromatic carbocycles. The van der Waals surface area contributed by atoms with Gasteiger partial charge in [-0.3, -0.25) is 4.79 Å². The zero-order valence-corrected chi connectivity index (χ0v) is 14.2. The topological polar surface area (TPSA) is 72.7 Å². The van der Waals surface area contributed by atoms with Crippen molar-refractivity contribution in [1.29, 1.82) is 0 Å². The Morgan fingerprint density at radius 1 is 1.15 bits per heavy atom. The molecule has 0 saturated carbocycles. The third-order valence-corrected chi connectivity index (χ3v) is 4.07. The van der Waals surface area contributed by atoms with Crippen LogP contribution in [-0.4, -0.2) is 32.4 Å². The van der Waals surface area contributed by atoms with Gasteiger partial charge >= 0.3 is 6.18 Å². The van der Waals surface area contributed by atoms with Crippen LogP contribution in [0.5, 0.6) is 0 Å². The number of rotatable bonds is 4. The fourth-order valence-corrected chi connectivity index (χ4v) is 2.74. The van der Waals surface area contributed by atoms with E-state index >= 15 is 0 Å². The van der Waals surface area contributed by atoms with E-state index in [2.05, 4.69) is 20.8 Å². The molecule has 0 spiro atoms. The van der Waals surface area contributed by atoms with Crippen LogP contribution in [0, 0.1) is 0 Å². The standard InChI is InChI=1S/C16H12F3N5OS/c1-26-15-21-22-23-24(15)11-6-4-5-10(9-11)20-14(25)12-7-2-3-8-13(12)16(17,18)19/h2-9H,1H3,(H,20,25). The van der Waals surface area contributed by atoms with Gasteiger partial charge < -0.3 is 5.32 Å². The average Bonchev–Trinajstić information content (AvgIpc) is 3.10. The van der Waals surface area contributed by atoms with Gasteiger partial charge in [-0.25, -0.2) is 0 Å². The molecule has 1 aromatic heterocycles. The molecule has 3 aromatic rings. The molecule has 0 aliphatic rings. The van der Waals surface area contributed by atoms with E-state index in [1.54, 1.807) is 24.3 Å². The SMILES string of the molecule is CSc1nnnn1-c1cccc(NC(=O)c2ccccc2C(F)(F)F)c1. The summed E-state index contributed by atoms with van der Waals surface area (Å²) in [5, 5.41) is 14.3. The molecule has 10 heteroatoms. The number of thioether (sulfide) groups is 1. The summed E-state index contributed by atoms with van der Waals surface area (Å²) in [6.07, 6.45) is -2.81. The van der Waals surface area contributed by atoms with E-state index in [-0.39, 0.29) is 0 Å². The molecule has 0 radical (unpaired) electrons. The molecule has 1 amide bonds. The molecule has 0 bridgehead atoms. The lowest BCUT2D eigenvalue weighted by Crippen LogP contribution is -2.18. The number of anilines is 1. The summed E-state index contributed by atoms with van der Waals surface area (Å²) in [7, 11) is 0. The molecule has 26 heavy (non-hydrogen) atoms. The van der Waals surface area contributed by atoms with Gasteiger partial charge in [-0.1, -0.05) is 30.0 Å². The number of nitrogens with zero attached hydrogens (tertiary/aromatic N) is 4. The van der Waals surface area contributed by atoms with E-state index in [0.29, 0.717) is 16.5 Å². The highest BCUT2D eigenvalue weighted by Crippen LogP contribution is 2.32. The van der Waals surface area contributed by atoms with Crippen LogP contribution in [0.15, 0.2) is 53.7 Å². The molecule has 0 unspecified atom stereocenters. The second kappa shape index (κ2) is 7.16. The van der Waals surface area contributed by atoms with Crippen molar-refractivity contribution >= 4 is 23.4 Å². The maximum atomic E-state index is 13.1. The number of halogens is 3. The number of alkyl halides is 3. The van der Waals surface area contributed by atoms with Crippen molar-refractivity contribution in [1.82, 2.24) is 20.2 Å². The summed E-state index contributed by atoms with van der Waals surface area (Å²) < 4.78 is 40.7. The quantitative estimate of drug-likeness (QED) is 0.701. The maximum absolute atomic E-state index is 13.1. The number of carbonyl (C=O) groups excluding carboxylic acids is 1. The predicted octanol–water partition coefficient (Wildman–Crippen LogP) is 3.66. The Morgan fingerprint density at radius 2 is 1.92 bits per heavy atom. The summed E-state index contributed by atoms with van der Waals surface area (Å²) in [5.74, 6) is -0.850. The minimum absolute atomic E-state index is 0.326. The van der Waals surface area contributed by atoms with Gasteiger partial charge in [0.1, 0.15) is 0 Å². The second-order valence-corrected chi connectivity index (χ2v) is 5.90. The minimum atomic E-state index is -4.62. The van der Waals surface area contributed by atoms with Gasteiger partial charge in [0.15, 0.2) is 0 Å². The minimum Gasteiger partial charge on any atom is -0.322 e. The summed E-state index contributed by atoms with van der Waals surface area (Å²) in [6.45, 7) is 0. The van der Waals surface area contributed by atoms with E-state index in [1.165, 1.54) is 28.6 Å². The first-order chi connectivity index (χ1) is 12.4. The van der Waals surface area contributed by atoms with E-state index in [1.807, 2.05) is 6.26 Å². The third kappa shape index (κ3) is 3.69. The highest BCUT2D eigenvalue weighted by Gasteiger charge is 2.34. The number of hydrogen-bond acceptors (Lipinski definition) is 5. The number of aromatic nitrogens is 4. The van der Waals surface area contributed by atoms with E-state index < -0.39 is 23.2 Å². The van der Waals surface area contributed by atoms with Crippen molar-refractivity contribution in [2.24, 2.45) is 0 Å². The monoisotopic (exact) mass is 379 g/mol. The Kier molecular flexibility index (Phi) is 4.94. The van der Waals surface area contributed by atoms with E-state index in [0.717, 1.165) is 12.1 Å². The molecule has 0 atom stereocenters. The molecule has 134 valence electrons. The van der Waals surface area contributed by atoms with Crippen LogP contribution in [0.1, 0.15) is 15.9 Å². The number of benzene rings is 2. The van der Waals surface area contributed by atoms with Gasteiger partial charge in [0.05, 0.1) is 16.8 Å². The zero-order valence-electron chi connectivity index (χ0n) is 13.4. The molecule has 0 aliphatic heterocycles. The Labute approximate surface area is 150 Å². The van der Waals surface area contributed by atoms with Crippen LogP contribution < -0.4 is 5.32 Å². The lowest BCUT2D eigenvalue weighted by Gasteiger charge is -2.13. The summed E-state index contributed by atoms with van der Waals surface area (Å²) in [4.78, 5) is 12.3. The van der Waals surface area contributed by atoms with Gasteiger partial charge in [-0.05, 0) is 47.0 Å². The van der Waals surface area contributed by atoms with Crippen LogP contribution in [0.3, 0.4) is 0 Å². The molecule has 1 heterocycles. The summed E-state index contributed by atoms with van der Waals surface area (Å²) in [6, 6.07) is 11.1. The molecule has 0 fully saturated rings. The second-order valence-electron chi connectivity index (χ2n) is 5.13. The zero-order chi connectivity index (χ0) is 18.7. The first-order valence-electron chi connectivity index (χ1n) is 7.30. The number of nitrogens with one attached hydrogen (secondary N) is 1. The van der Waals surface area contributed by atoms with Crippen LogP contribution >= 0.6 is 11.8 Å². The molecular weight excluding hydrogens is 367 g/mol. The Hall–Kier alpha value is -2.88. The summed E-state index contributed by atoms with van der Waals surface area (Å²) >= 11 is 1.33. The molecular formula is C16H12F3N5OS. The summed E-state index contributed by atoms with van der Waals surface area (Å²) in [5.41, 5.74) is -0.537. The first-order valence-corrected chi connectivity index (χ1v) is 8.53. The lowest BCUT2D eigenvalue weighted by atomic mass is 10.1. The first kappa shape index (κ1) is 17.9. The van der Waals surface area contributed by atoms with Gasteiger partial charge in [0, 0.05) is 5.69 Å². The molecule has 0 saturated heterocycles. The fourth-order valence-electron chi connectivity index (χ4n) is 2.31. The Balaban J connectivity index is 1.89. The number of tetrazole rings is 1. The Bertz CT molecular complexity index is 941. The van der Waals surface area contributed by atoms with Gasteiger partial charge in [0.2, 0.25) is 5.16 Å². The van der Waals surface area contributed by atoms with E-state index in [4.69, 9.17) is 0 Å². The predicted molar refractivity (Wildman–Crippen MR) is 90.3 cm³/mol. The Morgan fingerprint density at radius 3 is 2.65 bits per heavy atom. The normalized spacial score (nSPS) is 11.4. The van der Waals surface area contributed by atoms with Crippen LogP contribution in [0.25, 0.3) is 5.69 Å². The molecule has 6 nitrogen and oxygen atoms in total. The number of carbonyl (C=O) groups is 1. The van der Waals surface area contributed by atoms with Crippen molar-refractivity contribution in [3.05, 3.63) is 59.7 Å². The lowest BCUT2D eigenvalue weighted by molar-refractivity contribution is -0.137. The third-order valence-electron chi connectivity index (χ3n) is 3.45. The molecule has 3 rings (SSSR count). The average molecular weight is 379 g/mol. The van der Waals surface area contributed by atoms with Crippen molar-refractivity contribution in [2.45, 2.75) is 11.3 Å². The van der Waals surface area contributed by atoms with Crippen molar-refractivity contribution in [2.75, 3.05) is 11.6 Å². The number of hydrogen-bond donors (Lipinski definition) is 1.